The van der Waals surface area contributed by atoms with Crippen molar-refractivity contribution in [2.75, 3.05) is 6.54 Å². The lowest BCUT2D eigenvalue weighted by Gasteiger charge is -2.28. The fraction of sp³-hybridized carbons (Fsp3) is 0.526. The van der Waals surface area contributed by atoms with Crippen molar-refractivity contribution in [1.82, 2.24) is 30.6 Å². The van der Waals surface area contributed by atoms with E-state index in [0.29, 0.717) is 18.7 Å². The summed E-state index contributed by atoms with van der Waals surface area (Å²) >= 11 is 0. The van der Waals surface area contributed by atoms with E-state index >= 15 is 0 Å². The number of hydrogen-bond donors (Lipinski definition) is 2. The van der Waals surface area contributed by atoms with Crippen molar-refractivity contribution < 1.29 is 9.59 Å². The van der Waals surface area contributed by atoms with Gasteiger partial charge in [0, 0.05) is 37.1 Å². The summed E-state index contributed by atoms with van der Waals surface area (Å²) in [5.74, 6) is -0.00186. The molecule has 8 heteroatoms. The van der Waals surface area contributed by atoms with Crippen molar-refractivity contribution in [1.29, 1.82) is 0 Å². The Morgan fingerprint density at radius 2 is 1.96 bits per heavy atom. The first-order chi connectivity index (χ1) is 13.0. The van der Waals surface area contributed by atoms with Crippen molar-refractivity contribution >= 4 is 11.8 Å². The van der Waals surface area contributed by atoms with E-state index in [1.165, 1.54) is 0 Å². The van der Waals surface area contributed by atoms with Crippen molar-refractivity contribution in [2.24, 2.45) is 5.92 Å². The number of rotatable bonds is 6. The Morgan fingerprint density at radius 1 is 1.19 bits per heavy atom. The minimum absolute atomic E-state index is 0.0104. The van der Waals surface area contributed by atoms with Crippen LogP contribution in [0, 0.1) is 19.8 Å². The largest absolute Gasteiger partial charge is 0.354 e. The van der Waals surface area contributed by atoms with Gasteiger partial charge in [-0.15, -0.1) is 5.10 Å². The van der Waals surface area contributed by atoms with Crippen LogP contribution in [0.1, 0.15) is 47.3 Å². The highest BCUT2D eigenvalue weighted by Gasteiger charge is 2.27. The molecule has 0 atom stereocenters. The van der Waals surface area contributed by atoms with Crippen molar-refractivity contribution in [3.63, 3.8) is 0 Å². The minimum Gasteiger partial charge on any atom is -0.354 e. The molecule has 2 aromatic rings. The molecule has 1 aliphatic carbocycles. The highest BCUT2D eigenvalue weighted by Crippen LogP contribution is 2.24. The summed E-state index contributed by atoms with van der Waals surface area (Å²) in [7, 11) is 0. The SMILES string of the molecule is Cc1cncc(C(=O)NC2CCC(C(=O)NCCn3cc(C)nn3)CC2)c1. The monoisotopic (exact) mass is 370 g/mol. The van der Waals surface area contributed by atoms with Crippen LogP contribution in [0.5, 0.6) is 0 Å². The number of nitrogens with one attached hydrogen (secondary N) is 2. The summed E-state index contributed by atoms with van der Waals surface area (Å²) in [5, 5.41) is 13.9. The normalized spacial score (nSPS) is 19.5. The van der Waals surface area contributed by atoms with Gasteiger partial charge in [-0.1, -0.05) is 5.21 Å². The first kappa shape index (κ1) is 19.0. The second kappa shape index (κ2) is 8.75. The van der Waals surface area contributed by atoms with Gasteiger partial charge >= 0.3 is 0 Å². The average molecular weight is 370 g/mol. The van der Waals surface area contributed by atoms with Gasteiger partial charge in [0.15, 0.2) is 0 Å². The fourth-order valence-corrected chi connectivity index (χ4v) is 3.39. The third-order valence-electron chi connectivity index (χ3n) is 4.86. The van der Waals surface area contributed by atoms with Crippen LogP contribution in [0.25, 0.3) is 0 Å². The van der Waals surface area contributed by atoms with E-state index in [9.17, 15) is 9.59 Å². The standard InChI is InChI=1S/C19H26N6O2/c1-13-9-16(11-20-10-13)19(27)22-17-5-3-15(4-6-17)18(26)21-7-8-25-12-14(2)23-24-25/h9-12,15,17H,3-8H2,1-2H3,(H,21,26)(H,22,27). The maximum Gasteiger partial charge on any atom is 0.253 e. The second-order valence-electron chi connectivity index (χ2n) is 7.19. The highest BCUT2D eigenvalue weighted by molar-refractivity contribution is 5.94. The third-order valence-corrected chi connectivity index (χ3v) is 4.86. The molecule has 0 radical (unpaired) electrons. The Kier molecular flexibility index (Phi) is 6.16. The Balaban J connectivity index is 1.39. The van der Waals surface area contributed by atoms with E-state index in [4.69, 9.17) is 0 Å². The predicted molar refractivity (Wildman–Crippen MR) is 100.0 cm³/mol. The number of carbonyl (C=O) groups is 2. The number of pyridine rings is 1. The Hall–Kier alpha value is -2.77. The molecule has 3 rings (SSSR count). The van der Waals surface area contributed by atoms with Crippen molar-refractivity contribution in [3.8, 4) is 0 Å². The van der Waals surface area contributed by atoms with E-state index in [-0.39, 0.29) is 23.8 Å². The quantitative estimate of drug-likeness (QED) is 0.800. The summed E-state index contributed by atoms with van der Waals surface area (Å²) in [4.78, 5) is 28.7. The first-order valence-electron chi connectivity index (χ1n) is 9.38. The topological polar surface area (TPSA) is 102 Å². The average Bonchev–Trinajstić information content (AvgIpc) is 3.07. The van der Waals surface area contributed by atoms with Gasteiger partial charge in [0.25, 0.3) is 5.91 Å². The maximum absolute atomic E-state index is 12.3. The summed E-state index contributed by atoms with van der Waals surface area (Å²) in [6, 6.07) is 1.94. The number of aryl methyl sites for hydroxylation is 2. The van der Waals surface area contributed by atoms with Crippen LogP contribution in [-0.2, 0) is 11.3 Å². The molecule has 1 saturated carbocycles. The van der Waals surface area contributed by atoms with Gasteiger partial charge in [0.2, 0.25) is 5.91 Å². The van der Waals surface area contributed by atoms with E-state index in [1.807, 2.05) is 26.1 Å². The third kappa shape index (κ3) is 5.35. The van der Waals surface area contributed by atoms with Crippen molar-refractivity contribution in [3.05, 3.63) is 41.5 Å². The molecule has 8 nitrogen and oxygen atoms in total. The van der Waals surface area contributed by atoms with Gasteiger partial charge in [0.1, 0.15) is 0 Å². The molecule has 1 fully saturated rings. The van der Waals surface area contributed by atoms with E-state index in [0.717, 1.165) is 36.9 Å². The number of aromatic nitrogens is 4. The summed E-state index contributed by atoms with van der Waals surface area (Å²) in [6.45, 7) is 4.95. The molecule has 2 amide bonds. The van der Waals surface area contributed by atoms with Crippen LogP contribution < -0.4 is 10.6 Å². The molecule has 2 aromatic heterocycles. The number of hydrogen-bond acceptors (Lipinski definition) is 5. The van der Waals surface area contributed by atoms with Gasteiger partial charge in [-0.2, -0.15) is 0 Å². The van der Waals surface area contributed by atoms with Gasteiger partial charge < -0.3 is 10.6 Å². The smallest absolute Gasteiger partial charge is 0.253 e. The zero-order valence-corrected chi connectivity index (χ0v) is 15.8. The number of amides is 2. The van der Waals surface area contributed by atoms with E-state index in [1.54, 1.807) is 17.1 Å². The summed E-state index contributed by atoms with van der Waals surface area (Å²) in [6.07, 6.45) is 8.35. The molecule has 2 heterocycles. The lowest BCUT2D eigenvalue weighted by molar-refractivity contribution is -0.126. The predicted octanol–water partition coefficient (Wildman–Crippen LogP) is 1.39. The lowest BCUT2D eigenvalue weighted by atomic mass is 9.85. The summed E-state index contributed by atoms with van der Waals surface area (Å²) < 4.78 is 1.72. The Labute approximate surface area is 158 Å². The Bertz CT molecular complexity index is 795. The van der Waals surface area contributed by atoms with Crippen LogP contribution in [0.2, 0.25) is 0 Å². The van der Waals surface area contributed by atoms with Crippen LogP contribution >= 0.6 is 0 Å². The van der Waals surface area contributed by atoms with Crippen molar-refractivity contribution in [2.45, 2.75) is 52.1 Å². The molecular formula is C19H26N6O2. The van der Waals surface area contributed by atoms with Gasteiger partial charge in [-0.3, -0.25) is 19.3 Å². The van der Waals surface area contributed by atoms with Crippen LogP contribution in [0.4, 0.5) is 0 Å². The summed E-state index contributed by atoms with van der Waals surface area (Å²) in [5.41, 5.74) is 2.41. The molecule has 27 heavy (non-hydrogen) atoms. The van der Waals surface area contributed by atoms with Crippen LogP contribution in [0.3, 0.4) is 0 Å². The van der Waals surface area contributed by atoms with E-state index < -0.39 is 0 Å². The van der Waals surface area contributed by atoms with Crippen LogP contribution in [-0.4, -0.2) is 44.4 Å². The molecule has 0 aliphatic heterocycles. The molecule has 0 aromatic carbocycles. The molecular weight excluding hydrogens is 344 g/mol. The first-order valence-corrected chi connectivity index (χ1v) is 9.38. The maximum atomic E-state index is 12.3. The number of nitrogens with zero attached hydrogens (tertiary/aromatic N) is 4. The molecule has 0 bridgehead atoms. The fourth-order valence-electron chi connectivity index (χ4n) is 3.39. The minimum atomic E-state index is -0.0952. The molecule has 1 aliphatic rings. The number of carbonyl (C=O) groups excluding carboxylic acids is 2. The van der Waals surface area contributed by atoms with E-state index in [2.05, 4.69) is 25.9 Å². The zero-order chi connectivity index (χ0) is 19.2. The van der Waals surface area contributed by atoms with Crippen LogP contribution in [0.15, 0.2) is 24.7 Å². The zero-order valence-electron chi connectivity index (χ0n) is 15.8. The van der Waals surface area contributed by atoms with Gasteiger partial charge in [0.05, 0.1) is 17.8 Å². The lowest BCUT2D eigenvalue weighted by Crippen LogP contribution is -2.41. The Morgan fingerprint density at radius 3 is 2.63 bits per heavy atom. The molecule has 0 saturated heterocycles. The molecule has 2 N–H and O–H groups in total. The molecule has 0 unspecified atom stereocenters. The van der Waals surface area contributed by atoms with Gasteiger partial charge in [-0.05, 0) is 51.2 Å². The van der Waals surface area contributed by atoms with Gasteiger partial charge in [-0.25, -0.2) is 0 Å². The second-order valence-corrected chi connectivity index (χ2v) is 7.19. The molecule has 144 valence electrons. The molecule has 0 spiro atoms. The highest BCUT2D eigenvalue weighted by atomic mass is 16.2.